The van der Waals surface area contributed by atoms with Crippen LogP contribution in [-0.4, -0.2) is 58.1 Å². The van der Waals surface area contributed by atoms with Crippen LogP contribution in [0.3, 0.4) is 0 Å². The van der Waals surface area contributed by atoms with Crippen LogP contribution in [0.4, 0.5) is 0 Å². The molecule has 26 heavy (non-hydrogen) atoms. The molecule has 1 aliphatic rings. The number of nitrogens with zero attached hydrogens (tertiary/aromatic N) is 1. The smallest absolute Gasteiger partial charge is 0.191 e. The van der Waals surface area contributed by atoms with Gasteiger partial charge in [0, 0.05) is 32.2 Å². The van der Waals surface area contributed by atoms with Gasteiger partial charge in [-0.3, -0.25) is 0 Å². The lowest BCUT2D eigenvalue weighted by atomic mass is 10.1. The predicted octanol–water partition coefficient (Wildman–Crippen LogP) is 2.45. The topological polar surface area (TPSA) is 64.1 Å². The van der Waals surface area contributed by atoms with Gasteiger partial charge in [-0.25, -0.2) is 4.99 Å². The fraction of sp³-hybridized carbons (Fsp3) is 0.650. The largest absolute Gasteiger partial charge is 0.489 e. The Bertz CT molecular complexity index is 504. The SMILES string of the molecule is CCNC(=NCC(C)Oc1ccccc1)NCCCOCC1CCOC1. The summed E-state index contributed by atoms with van der Waals surface area (Å²) in [5.41, 5.74) is 0. The van der Waals surface area contributed by atoms with Crippen molar-refractivity contribution in [3.63, 3.8) is 0 Å². The summed E-state index contributed by atoms with van der Waals surface area (Å²) in [7, 11) is 0. The van der Waals surface area contributed by atoms with Crippen molar-refractivity contribution < 1.29 is 14.2 Å². The molecule has 0 aromatic heterocycles. The first-order valence-electron chi connectivity index (χ1n) is 9.67. The quantitative estimate of drug-likeness (QED) is 0.359. The normalized spacial score (nSPS) is 18.5. The summed E-state index contributed by atoms with van der Waals surface area (Å²) in [4.78, 5) is 4.60. The zero-order valence-corrected chi connectivity index (χ0v) is 16.1. The van der Waals surface area contributed by atoms with E-state index in [4.69, 9.17) is 14.2 Å². The number of guanidine groups is 1. The molecule has 0 saturated carbocycles. The maximum absolute atomic E-state index is 5.86. The fourth-order valence-electron chi connectivity index (χ4n) is 2.68. The third-order valence-electron chi connectivity index (χ3n) is 4.07. The molecule has 0 amide bonds. The van der Waals surface area contributed by atoms with Crippen molar-refractivity contribution in [1.29, 1.82) is 0 Å². The lowest BCUT2D eigenvalue weighted by Gasteiger charge is -2.15. The molecule has 6 nitrogen and oxygen atoms in total. The molecule has 1 heterocycles. The maximum atomic E-state index is 5.86. The second kappa shape index (κ2) is 12.5. The van der Waals surface area contributed by atoms with Gasteiger partial charge < -0.3 is 24.8 Å². The molecule has 1 saturated heterocycles. The molecule has 2 rings (SSSR count). The Balaban J connectivity index is 1.60. The highest BCUT2D eigenvalue weighted by Gasteiger charge is 2.15. The third-order valence-corrected chi connectivity index (χ3v) is 4.07. The third kappa shape index (κ3) is 8.54. The highest BCUT2D eigenvalue weighted by Crippen LogP contribution is 2.12. The van der Waals surface area contributed by atoms with Crippen LogP contribution < -0.4 is 15.4 Å². The van der Waals surface area contributed by atoms with E-state index in [0.29, 0.717) is 12.5 Å². The number of hydrogen-bond donors (Lipinski definition) is 2. The molecule has 0 spiro atoms. The summed E-state index contributed by atoms with van der Waals surface area (Å²) in [5.74, 6) is 2.27. The van der Waals surface area contributed by atoms with E-state index >= 15 is 0 Å². The van der Waals surface area contributed by atoms with E-state index in [9.17, 15) is 0 Å². The molecule has 2 atom stereocenters. The molecule has 0 aliphatic carbocycles. The van der Waals surface area contributed by atoms with Crippen LogP contribution in [0.5, 0.6) is 5.75 Å². The number of ether oxygens (including phenoxy) is 3. The minimum Gasteiger partial charge on any atom is -0.489 e. The molecule has 2 unspecified atom stereocenters. The number of benzene rings is 1. The first-order chi connectivity index (χ1) is 12.8. The van der Waals surface area contributed by atoms with Gasteiger partial charge in [-0.1, -0.05) is 18.2 Å². The van der Waals surface area contributed by atoms with Crippen LogP contribution in [0.1, 0.15) is 26.7 Å². The molecular formula is C20H33N3O3. The van der Waals surface area contributed by atoms with Crippen molar-refractivity contribution in [2.24, 2.45) is 10.9 Å². The average Bonchev–Trinajstić information content (AvgIpc) is 3.16. The fourth-order valence-corrected chi connectivity index (χ4v) is 2.68. The summed E-state index contributed by atoms with van der Waals surface area (Å²) in [6.45, 7) is 9.65. The first-order valence-corrected chi connectivity index (χ1v) is 9.67. The number of aliphatic imine (C=N–C) groups is 1. The molecule has 1 aromatic rings. The summed E-state index contributed by atoms with van der Waals surface area (Å²) in [5, 5.41) is 6.61. The van der Waals surface area contributed by atoms with E-state index in [1.807, 2.05) is 37.3 Å². The van der Waals surface area contributed by atoms with Crippen molar-refractivity contribution in [2.45, 2.75) is 32.8 Å². The molecule has 0 radical (unpaired) electrons. The van der Waals surface area contributed by atoms with Crippen LogP contribution >= 0.6 is 0 Å². The van der Waals surface area contributed by atoms with Crippen LogP contribution in [0.15, 0.2) is 35.3 Å². The summed E-state index contributed by atoms with van der Waals surface area (Å²) in [6, 6.07) is 9.84. The van der Waals surface area contributed by atoms with Gasteiger partial charge in [0.2, 0.25) is 0 Å². The molecule has 6 heteroatoms. The highest BCUT2D eigenvalue weighted by atomic mass is 16.5. The summed E-state index contributed by atoms with van der Waals surface area (Å²) >= 11 is 0. The van der Waals surface area contributed by atoms with E-state index in [1.165, 1.54) is 0 Å². The van der Waals surface area contributed by atoms with E-state index in [-0.39, 0.29) is 6.10 Å². The van der Waals surface area contributed by atoms with Crippen LogP contribution in [0.25, 0.3) is 0 Å². The Labute approximate surface area is 157 Å². The lowest BCUT2D eigenvalue weighted by Crippen LogP contribution is -2.38. The number of nitrogens with one attached hydrogen (secondary N) is 2. The Kier molecular flexibility index (Phi) is 9.90. The maximum Gasteiger partial charge on any atom is 0.191 e. The Morgan fingerprint density at radius 2 is 2.15 bits per heavy atom. The van der Waals surface area contributed by atoms with Crippen molar-refractivity contribution in [3.05, 3.63) is 30.3 Å². The molecule has 1 fully saturated rings. The van der Waals surface area contributed by atoms with Crippen molar-refractivity contribution in [1.82, 2.24) is 10.6 Å². The second-order valence-electron chi connectivity index (χ2n) is 6.55. The first kappa shape index (κ1) is 20.5. The monoisotopic (exact) mass is 363 g/mol. The Morgan fingerprint density at radius 3 is 2.88 bits per heavy atom. The van der Waals surface area contributed by atoms with Crippen LogP contribution in [0, 0.1) is 5.92 Å². The summed E-state index contributed by atoms with van der Waals surface area (Å²) in [6.07, 6.45) is 2.09. The minimum atomic E-state index is 0.0184. The molecule has 146 valence electrons. The van der Waals surface area contributed by atoms with Gasteiger partial charge in [-0.05, 0) is 38.8 Å². The predicted molar refractivity (Wildman–Crippen MR) is 105 cm³/mol. The molecule has 1 aromatic carbocycles. The molecule has 2 N–H and O–H groups in total. The van der Waals surface area contributed by atoms with Gasteiger partial charge in [0.05, 0.1) is 19.8 Å². The highest BCUT2D eigenvalue weighted by molar-refractivity contribution is 5.79. The minimum absolute atomic E-state index is 0.0184. The van der Waals surface area contributed by atoms with E-state index in [2.05, 4.69) is 22.5 Å². The zero-order valence-electron chi connectivity index (χ0n) is 16.1. The van der Waals surface area contributed by atoms with E-state index in [0.717, 1.165) is 64.1 Å². The molecule has 1 aliphatic heterocycles. The van der Waals surface area contributed by atoms with Gasteiger partial charge in [0.25, 0.3) is 0 Å². The van der Waals surface area contributed by atoms with Crippen molar-refractivity contribution >= 4 is 5.96 Å². The zero-order chi connectivity index (χ0) is 18.5. The van der Waals surface area contributed by atoms with Crippen LogP contribution in [0.2, 0.25) is 0 Å². The molecule has 0 bridgehead atoms. The summed E-state index contributed by atoms with van der Waals surface area (Å²) < 4.78 is 16.9. The Hall–Kier alpha value is -1.79. The van der Waals surface area contributed by atoms with Crippen LogP contribution in [-0.2, 0) is 9.47 Å². The van der Waals surface area contributed by atoms with Crippen molar-refractivity contribution in [2.75, 3.05) is 46.1 Å². The van der Waals surface area contributed by atoms with Gasteiger partial charge in [-0.2, -0.15) is 0 Å². The van der Waals surface area contributed by atoms with Gasteiger partial charge in [0.15, 0.2) is 5.96 Å². The van der Waals surface area contributed by atoms with Gasteiger partial charge in [-0.15, -0.1) is 0 Å². The lowest BCUT2D eigenvalue weighted by molar-refractivity contribution is 0.0888. The van der Waals surface area contributed by atoms with Gasteiger partial charge >= 0.3 is 0 Å². The standard InChI is InChI=1S/C20H33N3O3/c1-3-21-20(22-11-7-12-24-15-18-10-13-25-16-18)23-14-17(2)26-19-8-5-4-6-9-19/h4-6,8-9,17-18H,3,7,10-16H2,1-2H3,(H2,21,22,23). The average molecular weight is 364 g/mol. The number of rotatable bonds is 11. The van der Waals surface area contributed by atoms with Gasteiger partial charge in [0.1, 0.15) is 11.9 Å². The van der Waals surface area contributed by atoms with Crippen molar-refractivity contribution in [3.8, 4) is 5.75 Å². The Morgan fingerprint density at radius 1 is 1.31 bits per heavy atom. The molecular weight excluding hydrogens is 330 g/mol. The second-order valence-corrected chi connectivity index (χ2v) is 6.55. The van der Waals surface area contributed by atoms with E-state index < -0.39 is 0 Å². The number of hydrogen-bond acceptors (Lipinski definition) is 4. The van der Waals surface area contributed by atoms with E-state index in [1.54, 1.807) is 0 Å². The number of para-hydroxylation sites is 1.